The van der Waals surface area contributed by atoms with Crippen LogP contribution in [0.4, 0.5) is 0 Å². The number of nitrogens with zero attached hydrogens (tertiary/aromatic N) is 1. The SMILES string of the molecule is O=S(=O)(Cc1cccc(Br)c1)NCc1cccc(CN2CCCCC2)c1. The summed E-state index contributed by atoms with van der Waals surface area (Å²) < 4.78 is 28.3. The van der Waals surface area contributed by atoms with Gasteiger partial charge in [-0.05, 0) is 54.8 Å². The Hall–Kier alpha value is -1.21. The maximum atomic E-state index is 12.4. The molecule has 2 aromatic carbocycles. The van der Waals surface area contributed by atoms with E-state index in [2.05, 4.69) is 37.7 Å². The Morgan fingerprint density at radius 2 is 1.62 bits per heavy atom. The minimum Gasteiger partial charge on any atom is -0.299 e. The molecule has 0 atom stereocenters. The highest BCUT2D eigenvalue weighted by Gasteiger charge is 2.13. The summed E-state index contributed by atoms with van der Waals surface area (Å²) in [7, 11) is -3.37. The van der Waals surface area contributed by atoms with Gasteiger partial charge in [0.1, 0.15) is 0 Å². The Labute approximate surface area is 164 Å². The third-order valence-electron chi connectivity index (χ3n) is 4.59. The number of hydrogen-bond acceptors (Lipinski definition) is 3. The highest BCUT2D eigenvalue weighted by molar-refractivity contribution is 9.10. The van der Waals surface area contributed by atoms with Gasteiger partial charge in [-0.2, -0.15) is 0 Å². The molecular weight excluding hydrogens is 412 g/mol. The minimum absolute atomic E-state index is 0.0140. The van der Waals surface area contributed by atoms with Gasteiger partial charge >= 0.3 is 0 Å². The molecule has 140 valence electrons. The third-order valence-corrected chi connectivity index (χ3v) is 6.38. The third kappa shape index (κ3) is 6.20. The second-order valence-electron chi connectivity index (χ2n) is 6.87. The first kappa shape index (κ1) is 19.5. The summed E-state index contributed by atoms with van der Waals surface area (Å²) in [6.07, 6.45) is 3.88. The summed E-state index contributed by atoms with van der Waals surface area (Å²) in [5.74, 6) is -0.0140. The molecule has 2 aromatic rings. The summed E-state index contributed by atoms with van der Waals surface area (Å²) in [4.78, 5) is 2.47. The van der Waals surface area contributed by atoms with Crippen LogP contribution < -0.4 is 4.72 Å². The van der Waals surface area contributed by atoms with Gasteiger partial charge in [0.2, 0.25) is 10.0 Å². The molecule has 0 radical (unpaired) electrons. The average molecular weight is 437 g/mol. The Balaban J connectivity index is 1.57. The molecular formula is C20H25BrN2O2S. The van der Waals surface area contributed by atoms with Crippen LogP contribution in [0.3, 0.4) is 0 Å². The van der Waals surface area contributed by atoms with E-state index in [0.29, 0.717) is 6.54 Å². The van der Waals surface area contributed by atoms with Gasteiger partial charge in [0.25, 0.3) is 0 Å². The molecule has 1 aliphatic rings. The smallest absolute Gasteiger partial charge is 0.216 e. The van der Waals surface area contributed by atoms with Crippen molar-refractivity contribution in [2.75, 3.05) is 13.1 Å². The second-order valence-corrected chi connectivity index (χ2v) is 9.59. The van der Waals surface area contributed by atoms with Crippen molar-refractivity contribution in [3.05, 3.63) is 69.7 Å². The Bertz CT molecular complexity index is 833. The first-order valence-electron chi connectivity index (χ1n) is 9.02. The van der Waals surface area contributed by atoms with Crippen LogP contribution in [-0.2, 0) is 28.9 Å². The van der Waals surface area contributed by atoms with E-state index in [-0.39, 0.29) is 5.75 Å². The van der Waals surface area contributed by atoms with Crippen LogP contribution in [0.25, 0.3) is 0 Å². The fourth-order valence-corrected chi connectivity index (χ4v) is 4.86. The van der Waals surface area contributed by atoms with Crippen LogP contribution in [0, 0.1) is 0 Å². The molecule has 1 heterocycles. The number of sulfonamides is 1. The van der Waals surface area contributed by atoms with Gasteiger partial charge in [0.15, 0.2) is 0 Å². The van der Waals surface area contributed by atoms with Crippen molar-refractivity contribution in [2.24, 2.45) is 0 Å². The van der Waals surface area contributed by atoms with E-state index < -0.39 is 10.0 Å². The number of hydrogen-bond donors (Lipinski definition) is 1. The van der Waals surface area contributed by atoms with Crippen molar-refractivity contribution in [2.45, 2.75) is 38.1 Å². The molecule has 3 rings (SSSR count). The second kappa shape index (κ2) is 9.13. The van der Waals surface area contributed by atoms with Crippen LogP contribution >= 0.6 is 15.9 Å². The van der Waals surface area contributed by atoms with Crippen molar-refractivity contribution in [1.82, 2.24) is 9.62 Å². The number of nitrogens with one attached hydrogen (secondary N) is 1. The molecule has 0 aliphatic carbocycles. The van der Waals surface area contributed by atoms with Gasteiger partial charge < -0.3 is 0 Å². The van der Waals surface area contributed by atoms with Gasteiger partial charge in [-0.1, -0.05) is 58.7 Å². The van der Waals surface area contributed by atoms with Crippen molar-refractivity contribution >= 4 is 26.0 Å². The van der Waals surface area contributed by atoms with E-state index in [1.807, 2.05) is 36.4 Å². The van der Waals surface area contributed by atoms with Crippen LogP contribution in [-0.4, -0.2) is 26.4 Å². The van der Waals surface area contributed by atoms with Gasteiger partial charge in [0.05, 0.1) is 5.75 Å². The fraction of sp³-hybridized carbons (Fsp3) is 0.400. The largest absolute Gasteiger partial charge is 0.299 e. The van der Waals surface area contributed by atoms with Crippen LogP contribution in [0.15, 0.2) is 53.0 Å². The number of rotatable bonds is 7. The molecule has 4 nitrogen and oxygen atoms in total. The van der Waals surface area contributed by atoms with Crippen molar-refractivity contribution in [1.29, 1.82) is 0 Å². The topological polar surface area (TPSA) is 49.4 Å². The highest BCUT2D eigenvalue weighted by atomic mass is 79.9. The summed E-state index contributed by atoms with van der Waals surface area (Å²) in [5.41, 5.74) is 3.01. The molecule has 0 amide bonds. The summed E-state index contributed by atoms with van der Waals surface area (Å²) in [5, 5.41) is 0. The molecule has 26 heavy (non-hydrogen) atoms. The maximum absolute atomic E-state index is 12.4. The first-order valence-corrected chi connectivity index (χ1v) is 11.5. The Morgan fingerprint density at radius 3 is 2.38 bits per heavy atom. The van der Waals surface area contributed by atoms with Crippen molar-refractivity contribution < 1.29 is 8.42 Å². The normalized spacial score (nSPS) is 15.9. The Kier molecular flexibility index (Phi) is 6.86. The standard InChI is InChI=1S/C20H25BrN2O2S/c21-20-9-5-8-19(13-20)16-26(24,25)22-14-17-6-4-7-18(12-17)15-23-10-2-1-3-11-23/h4-9,12-13,22H,1-3,10-11,14-16H2. The molecule has 1 saturated heterocycles. The zero-order valence-electron chi connectivity index (χ0n) is 14.8. The number of piperidine rings is 1. The summed E-state index contributed by atoms with van der Waals surface area (Å²) in [6.45, 7) is 3.58. The molecule has 0 aromatic heterocycles. The molecule has 0 spiro atoms. The van der Waals surface area contributed by atoms with Gasteiger partial charge in [-0.15, -0.1) is 0 Å². The first-order chi connectivity index (χ1) is 12.5. The molecule has 1 N–H and O–H groups in total. The predicted octanol–water partition coefficient (Wildman–Crippen LogP) is 4.05. The molecule has 6 heteroatoms. The molecule has 1 fully saturated rings. The fourth-order valence-electron chi connectivity index (χ4n) is 3.30. The van der Waals surface area contributed by atoms with Crippen LogP contribution in [0.2, 0.25) is 0 Å². The molecule has 1 aliphatic heterocycles. The lowest BCUT2D eigenvalue weighted by atomic mass is 10.1. The molecule has 0 bridgehead atoms. The lowest BCUT2D eigenvalue weighted by Crippen LogP contribution is -2.29. The predicted molar refractivity (Wildman–Crippen MR) is 109 cm³/mol. The average Bonchev–Trinajstić information content (AvgIpc) is 2.61. The summed E-state index contributed by atoms with van der Waals surface area (Å²) in [6, 6.07) is 15.6. The molecule has 0 saturated carbocycles. The van der Waals surface area contributed by atoms with E-state index in [4.69, 9.17) is 0 Å². The monoisotopic (exact) mass is 436 g/mol. The van der Waals surface area contributed by atoms with Crippen molar-refractivity contribution in [3.8, 4) is 0 Å². The van der Waals surface area contributed by atoms with Gasteiger partial charge in [-0.3, -0.25) is 4.90 Å². The zero-order valence-corrected chi connectivity index (χ0v) is 17.2. The number of likely N-dealkylation sites (tertiary alicyclic amines) is 1. The van der Waals surface area contributed by atoms with Crippen LogP contribution in [0.1, 0.15) is 36.0 Å². The van der Waals surface area contributed by atoms with Crippen molar-refractivity contribution in [3.63, 3.8) is 0 Å². The maximum Gasteiger partial charge on any atom is 0.216 e. The molecule has 0 unspecified atom stereocenters. The zero-order chi connectivity index (χ0) is 18.4. The van der Waals surface area contributed by atoms with Gasteiger partial charge in [-0.25, -0.2) is 13.1 Å². The minimum atomic E-state index is -3.37. The van der Waals surface area contributed by atoms with E-state index in [1.165, 1.54) is 24.8 Å². The summed E-state index contributed by atoms with van der Waals surface area (Å²) >= 11 is 3.37. The number of halogens is 1. The van der Waals surface area contributed by atoms with E-state index in [1.54, 1.807) is 0 Å². The highest BCUT2D eigenvalue weighted by Crippen LogP contribution is 2.16. The quantitative estimate of drug-likeness (QED) is 0.711. The van der Waals surface area contributed by atoms with E-state index >= 15 is 0 Å². The number of benzene rings is 2. The Morgan fingerprint density at radius 1 is 0.923 bits per heavy atom. The van der Waals surface area contributed by atoms with E-state index in [9.17, 15) is 8.42 Å². The lowest BCUT2D eigenvalue weighted by Gasteiger charge is -2.26. The van der Waals surface area contributed by atoms with Gasteiger partial charge in [0, 0.05) is 17.6 Å². The van der Waals surface area contributed by atoms with E-state index in [0.717, 1.165) is 35.2 Å². The lowest BCUT2D eigenvalue weighted by molar-refractivity contribution is 0.221. The van der Waals surface area contributed by atoms with Crippen LogP contribution in [0.5, 0.6) is 0 Å².